The van der Waals surface area contributed by atoms with Crippen molar-refractivity contribution in [2.24, 2.45) is 0 Å². The van der Waals surface area contributed by atoms with E-state index in [0.29, 0.717) is 6.61 Å². The minimum atomic E-state index is 0.353. The zero-order valence-corrected chi connectivity index (χ0v) is 11.2. The summed E-state index contributed by atoms with van der Waals surface area (Å²) in [6, 6.07) is 0. The summed E-state index contributed by atoms with van der Waals surface area (Å²) in [6.07, 6.45) is 18.1. The maximum atomic E-state index is 8.63. The van der Waals surface area contributed by atoms with Gasteiger partial charge in [0.05, 0.1) is 6.26 Å². The molecule has 2 N–H and O–H groups in total. The van der Waals surface area contributed by atoms with Crippen molar-refractivity contribution in [2.45, 2.75) is 77.0 Å². The summed E-state index contributed by atoms with van der Waals surface area (Å²) in [4.78, 5) is 0. The van der Waals surface area contributed by atoms with Crippen molar-refractivity contribution in [3.63, 3.8) is 0 Å². The van der Waals surface area contributed by atoms with E-state index in [4.69, 9.17) is 10.2 Å². The van der Waals surface area contributed by atoms with E-state index >= 15 is 0 Å². The van der Waals surface area contributed by atoms with Crippen molar-refractivity contribution in [3.05, 3.63) is 12.3 Å². The van der Waals surface area contributed by atoms with Gasteiger partial charge in [-0.2, -0.15) is 0 Å². The van der Waals surface area contributed by atoms with Gasteiger partial charge in [-0.25, -0.2) is 0 Å². The van der Waals surface area contributed by atoms with Crippen LogP contribution in [0.5, 0.6) is 0 Å². The average Bonchev–Trinajstić information content (AvgIpc) is 2.35. The van der Waals surface area contributed by atoms with E-state index in [1.807, 2.05) is 6.08 Å². The molecule has 0 aliphatic rings. The highest BCUT2D eigenvalue weighted by molar-refractivity contribution is 4.70. The molecule has 0 aromatic carbocycles. The molecule has 0 heterocycles. The first kappa shape index (κ1) is 16.5. The molecule has 0 aliphatic carbocycles. The van der Waals surface area contributed by atoms with Crippen LogP contribution in [0.4, 0.5) is 0 Å². The molecule has 0 spiro atoms. The van der Waals surface area contributed by atoms with Gasteiger partial charge in [0, 0.05) is 6.61 Å². The van der Waals surface area contributed by atoms with Gasteiger partial charge >= 0.3 is 0 Å². The summed E-state index contributed by atoms with van der Waals surface area (Å²) >= 11 is 0. The third-order valence-corrected chi connectivity index (χ3v) is 3.13. The largest absolute Gasteiger partial charge is 0.516 e. The molecule has 0 rings (SSSR count). The second kappa shape index (κ2) is 15.5. The van der Waals surface area contributed by atoms with E-state index in [9.17, 15) is 0 Å². The molecule has 2 heteroatoms. The Hall–Kier alpha value is -0.500. The number of rotatable bonds is 13. The fourth-order valence-electron chi connectivity index (χ4n) is 2.04. The minimum Gasteiger partial charge on any atom is -0.516 e. The van der Waals surface area contributed by atoms with Gasteiger partial charge in [0.25, 0.3) is 0 Å². The number of unbranched alkanes of at least 4 members (excludes halogenated alkanes) is 11. The summed E-state index contributed by atoms with van der Waals surface area (Å²) in [7, 11) is 0. The molecule has 0 aromatic heterocycles. The Morgan fingerprint density at radius 1 is 0.588 bits per heavy atom. The minimum absolute atomic E-state index is 0.353. The zero-order chi connectivity index (χ0) is 12.6. The molecule has 17 heavy (non-hydrogen) atoms. The Bertz CT molecular complexity index is 155. The summed E-state index contributed by atoms with van der Waals surface area (Å²) in [6.45, 7) is 0.353. The molecule has 0 saturated heterocycles. The fraction of sp³-hybridized carbons (Fsp3) is 0.867. The van der Waals surface area contributed by atoms with Crippen LogP contribution in [0.1, 0.15) is 77.0 Å². The molecule has 0 aromatic rings. The molecule has 0 unspecified atom stereocenters. The number of allylic oxidation sites excluding steroid dienone is 1. The summed E-state index contributed by atoms with van der Waals surface area (Å²) in [5.74, 6) is 0. The first-order chi connectivity index (χ1) is 8.41. The van der Waals surface area contributed by atoms with Gasteiger partial charge in [0.2, 0.25) is 0 Å². The molecule has 0 amide bonds. The highest BCUT2D eigenvalue weighted by atomic mass is 16.3. The van der Waals surface area contributed by atoms with Crippen molar-refractivity contribution in [1.29, 1.82) is 0 Å². The lowest BCUT2D eigenvalue weighted by atomic mass is 10.1. The standard InChI is InChI=1S/C15H30O2/c16-14-12-10-8-6-4-2-1-3-5-7-9-11-13-15-17/h12,14,16-17H,1-11,13,15H2/b14-12+. The third-order valence-electron chi connectivity index (χ3n) is 3.13. The van der Waals surface area contributed by atoms with Gasteiger partial charge in [-0.1, -0.05) is 63.9 Å². The fourth-order valence-corrected chi connectivity index (χ4v) is 2.04. The highest BCUT2D eigenvalue weighted by Crippen LogP contribution is 2.11. The summed E-state index contributed by atoms with van der Waals surface area (Å²) in [5.41, 5.74) is 0. The Kier molecular flexibility index (Phi) is 15.0. The molecular formula is C15H30O2. The van der Waals surface area contributed by atoms with Gasteiger partial charge in [-0.3, -0.25) is 0 Å². The highest BCUT2D eigenvalue weighted by Gasteiger charge is 1.92. The van der Waals surface area contributed by atoms with Crippen LogP contribution in [0.2, 0.25) is 0 Å². The monoisotopic (exact) mass is 242 g/mol. The maximum Gasteiger partial charge on any atom is 0.0751 e. The van der Waals surface area contributed by atoms with E-state index in [1.54, 1.807) is 0 Å². The SMILES string of the molecule is O/C=C/CCCCCCCCCCCCCO. The first-order valence-corrected chi connectivity index (χ1v) is 7.32. The lowest BCUT2D eigenvalue weighted by molar-refractivity contribution is 0.282. The maximum absolute atomic E-state index is 8.63. The molecule has 0 aliphatic heterocycles. The Morgan fingerprint density at radius 3 is 1.41 bits per heavy atom. The number of hydrogen-bond donors (Lipinski definition) is 2. The van der Waals surface area contributed by atoms with Gasteiger partial charge in [-0.15, -0.1) is 0 Å². The van der Waals surface area contributed by atoms with Crippen molar-refractivity contribution < 1.29 is 10.2 Å². The van der Waals surface area contributed by atoms with Crippen LogP contribution in [0, 0.1) is 0 Å². The van der Waals surface area contributed by atoms with E-state index < -0.39 is 0 Å². The Balaban J connectivity index is 2.89. The van der Waals surface area contributed by atoms with Crippen LogP contribution in [0.25, 0.3) is 0 Å². The van der Waals surface area contributed by atoms with Crippen molar-refractivity contribution in [1.82, 2.24) is 0 Å². The molecule has 0 radical (unpaired) electrons. The van der Waals surface area contributed by atoms with Crippen LogP contribution in [-0.4, -0.2) is 16.8 Å². The van der Waals surface area contributed by atoms with Crippen LogP contribution in [-0.2, 0) is 0 Å². The molecule has 0 atom stereocenters. The van der Waals surface area contributed by atoms with Gasteiger partial charge < -0.3 is 10.2 Å². The van der Waals surface area contributed by atoms with E-state index in [1.165, 1.54) is 64.2 Å². The number of aliphatic hydroxyl groups is 2. The average molecular weight is 242 g/mol. The van der Waals surface area contributed by atoms with Gasteiger partial charge in [0.1, 0.15) is 0 Å². The predicted octanol–water partition coefficient (Wildman–Crippen LogP) is 4.73. The van der Waals surface area contributed by atoms with Crippen molar-refractivity contribution in [3.8, 4) is 0 Å². The van der Waals surface area contributed by atoms with E-state index in [0.717, 1.165) is 19.1 Å². The smallest absolute Gasteiger partial charge is 0.0751 e. The van der Waals surface area contributed by atoms with E-state index in [2.05, 4.69) is 0 Å². The third kappa shape index (κ3) is 15.5. The molecule has 102 valence electrons. The van der Waals surface area contributed by atoms with Crippen LogP contribution < -0.4 is 0 Å². The zero-order valence-electron chi connectivity index (χ0n) is 11.2. The van der Waals surface area contributed by atoms with Gasteiger partial charge in [-0.05, 0) is 19.3 Å². The number of hydrogen-bond acceptors (Lipinski definition) is 2. The van der Waals surface area contributed by atoms with Gasteiger partial charge in [0.15, 0.2) is 0 Å². The summed E-state index contributed by atoms with van der Waals surface area (Å²) in [5, 5.41) is 17.1. The molecule has 0 fully saturated rings. The first-order valence-electron chi connectivity index (χ1n) is 7.32. The number of aliphatic hydroxyl groups excluding tert-OH is 2. The molecule has 2 nitrogen and oxygen atoms in total. The van der Waals surface area contributed by atoms with E-state index in [-0.39, 0.29) is 0 Å². The molecule has 0 saturated carbocycles. The molecular weight excluding hydrogens is 212 g/mol. The van der Waals surface area contributed by atoms with Crippen LogP contribution >= 0.6 is 0 Å². The van der Waals surface area contributed by atoms with Crippen LogP contribution in [0.3, 0.4) is 0 Å². The Morgan fingerprint density at radius 2 is 1.00 bits per heavy atom. The Labute approximate surface area is 107 Å². The second-order valence-electron chi connectivity index (χ2n) is 4.79. The summed E-state index contributed by atoms with van der Waals surface area (Å²) < 4.78 is 0. The van der Waals surface area contributed by atoms with Crippen molar-refractivity contribution in [2.75, 3.05) is 6.61 Å². The predicted molar refractivity (Wildman–Crippen MR) is 74.3 cm³/mol. The van der Waals surface area contributed by atoms with Crippen molar-refractivity contribution >= 4 is 0 Å². The quantitative estimate of drug-likeness (QED) is 0.362. The lowest BCUT2D eigenvalue weighted by Crippen LogP contribution is -1.84. The molecule has 0 bridgehead atoms. The second-order valence-corrected chi connectivity index (χ2v) is 4.79. The topological polar surface area (TPSA) is 40.5 Å². The normalized spacial score (nSPS) is 11.4. The lowest BCUT2D eigenvalue weighted by Gasteiger charge is -2.01. The van der Waals surface area contributed by atoms with Crippen LogP contribution in [0.15, 0.2) is 12.3 Å².